The minimum absolute atomic E-state index is 0.280. The zero-order valence-corrected chi connectivity index (χ0v) is 9.00. The molecule has 1 N–H and O–H groups in total. The molecular weight excluding hydrogens is 174 g/mol. The third-order valence-corrected chi connectivity index (χ3v) is 2.17. The van der Waals surface area contributed by atoms with Crippen LogP contribution < -0.4 is 10.1 Å². The Balaban J connectivity index is 2.83. The predicted octanol–water partition coefficient (Wildman–Crippen LogP) is 2.99. The van der Waals surface area contributed by atoms with E-state index in [4.69, 9.17) is 4.74 Å². The number of rotatable bonds is 4. The molecule has 0 saturated carbocycles. The van der Waals surface area contributed by atoms with Crippen molar-refractivity contribution in [3.8, 4) is 5.75 Å². The molecule has 0 aromatic heterocycles. The van der Waals surface area contributed by atoms with E-state index in [2.05, 4.69) is 25.7 Å². The Bertz CT molecular complexity index is 320. The van der Waals surface area contributed by atoms with E-state index in [9.17, 15) is 0 Å². The summed E-state index contributed by atoms with van der Waals surface area (Å²) in [5.74, 6) is 0.888. The second-order valence-corrected chi connectivity index (χ2v) is 3.35. The molecule has 2 heteroatoms. The fraction of sp³-hybridized carbons (Fsp3) is 0.333. The van der Waals surface area contributed by atoms with Gasteiger partial charge in [0.05, 0.1) is 7.11 Å². The fourth-order valence-corrected chi connectivity index (χ4v) is 1.23. The standard InChI is InChI=1S/C12H17NO/c1-5-10(3)13-12-7-6-11(14-4)8-9(12)2/h5-8,10,13H,1H2,2-4H3. The van der Waals surface area contributed by atoms with Gasteiger partial charge in [0, 0.05) is 11.7 Å². The molecule has 0 aliphatic rings. The zero-order valence-electron chi connectivity index (χ0n) is 9.00. The van der Waals surface area contributed by atoms with Gasteiger partial charge in [-0.15, -0.1) is 6.58 Å². The largest absolute Gasteiger partial charge is 0.497 e. The van der Waals surface area contributed by atoms with E-state index in [0.717, 1.165) is 11.4 Å². The van der Waals surface area contributed by atoms with E-state index >= 15 is 0 Å². The van der Waals surface area contributed by atoms with Crippen LogP contribution in [0.2, 0.25) is 0 Å². The van der Waals surface area contributed by atoms with Crippen molar-refractivity contribution in [1.82, 2.24) is 0 Å². The molecule has 1 aromatic carbocycles. The van der Waals surface area contributed by atoms with Crippen LogP contribution in [0.3, 0.4) is 0 Å². The molecule has 1 aromatic rings. The number of methoxy groups -OCH3 is 1. The lowest BCUT2D eigenvalue weighted by Gasteiger charge is -2.14. The minimum atomic E-state index is 0.280. The van der Waals surface area contributed by atoms with Crippen LogP contribution in [0.4, 0.5) is 5.69 Å². The Morgan fingerprint density at radius 3 is 2.71 bits per heavy atom. The summed E-state index contributed by atoms with van der Waals surface area (Å²) in [5.41, 5.74) is 2.30. The highest BCUT2D eigenvalue weighted by Gasteiger charge is 2.01. The number of nitrogens with one attached hydrogen (secondary N) is 1. The lowest BCUT2D eigenvalue weighted by Crippen LogP contribution is -2.12. The first kappa shape index (κ1) is 10.6. The highest BCUT2D eigenvalue weighted by atomic mass is 16.5. The Kier molecular flexibility index (Phi) is 3.57. The molecule has 76 valence electrons. The third kappa shape index (κ3) is 2.52. The number of anilines is 1. The minimum Gasteiger partial charge on any atom is -0.497 e. The molecule has 0 fully saturated rings. The highest BCUT2D eigenvalue weighted by molar-refractivity contribution is 5.54. The second-order valence-electron chi connectivity index (χ2n) is 3.35. The van der Waals surface area contributed by atoms with Crippen LogP contribution in [0, 0.1) is 6.92 Å². The molecule has 0 aliphatic heterocycles. The van der Waals surface area contributed by atoms with Crippen molar-refractivity contribution in [2.24, 2.45) is 0 Å². The van der Waals surface area contributed by atoms with Crippen LogP contribution in [-0.4, -0.2) is 13.2 Å². The van der Waals surface area contributed by atoms with E-state index < -0.39 is 0 Å². The summed E-state index contributed by atoms with van der Waals surface area (Å²) in [7, 11) is 1.67. The fourth-order valence-electron chi connectivity index (χ4n) is 1.23. The van der Waals surface area contributed by atoms with E-state index in [1.807, 2.05) is 24.3 Å². The van der Waals surface area contributed by atoms with Gasteiger partial charge in [-0.05, 0) is 37.6 Å². The Morgan fingerprint density at radius 1 is 1.50 bits per heavy atom. The van der Waals surface area contributed by atoms with E-state index in [-0.39, 0.29) is 6.04 Å². The van der Waals surface area contributed by atoms with E-state index in [0.29, 0.717) is 0 Å². The predicted molar refractivity (Wildman–Crippen MR) is 61.0 cm³/mol. The molecule has 0 heterocycles. The maximum Gasteiger partial charge on any atom is 0.119 e. The first-order valence-corrected chi connectivity index (χ1v) is 4.71. The summed E-state index contributed by atoms with van der Waals surface area (Å²) in [5, 5.41) is 3.34. The van der Waals surface area contributed by atoms with Gasteiger partial charge in [-0.3, -0.25) is 0 Å². The number of aryl methyl sites for hydroxylation is 1. The van der Waals surface area contributed by atoms with Crippen molar-refractivity contribution in [2.75, 3.05) is 12.4 Å². The van der Waals surface area contributed by atoms with Crippen LogP contribution in [0.25, 0.3) is 0 Å². The topological polar surface area (TPSA) is 21.3 Å². The summed E-state index contributed by atoms with van der Waals surface area (Å²) in [6, 6.07) is 6.26. The summed E-state index contributed by atoms with van der Waals surface area (Å²) in [6.07, 6.45) is 1.88. The monoisotopic (exact) mass is 191 g/mol. The van der Waals surface area contributed by atoms with Gasteiger partial charge in [-0.2, -0.15) is 0 Å². The Hall–Kier alpha value is -1.44. The Morgan fingerprint density at radius 2 is 2.21 bits per heavy atom. The van der Waals surface area contributed by atoms with Gasteiger partial charge in [0.25, 0.3) is 0 Å². The third-order valence-electron chi connectivity index (χ3n) is 2.17. The van der Waals surface area contributed by atoms with Crippen molar-refractivity contribution >= 4 is 5.69 Å². The zero-order chi connectivity index (χ0) is 10.6. The average molecular weight is 191 g/mol. The molecule has 0 amide bonds. The van der Waals surface area contributed by atoms with Gasteiger partial charge in [0.2, 0.25) is 0 Å². The quantitative estimate of drug-likeness (QED) is 0.739. The second kappa shape index (κ2) is 4.70. The van der Waals surface area contributed by atoms with Crippen molar-refractivity contribution in [3.63, 3.8) is 0 Å². The first-order chi connectivity index (χ1) is 6.67. The SMILES string of the molecule is C=CC(C)Nc1ccc(OC)cc1C. The lowest BCUT2D eigenvalue weighted by molar-refractivity contribution is 0.414. The maximum absolute atomic E-state index is 5.13. The maximum atomic E-state index is 5.13. The van der Waals surface area contributed by atoms with Gasteiger partial charge < -0.3 is 10.1 Å². The molecule has 14 heavy (non-hydrogen) atoms. The summed E-state index contributed by atoms with van der Waals surface area (Å²) < 4.78 is 5.13. The van der Waals surface area contributed by atoms with Crippen LogP contribution in [0.15, 0.2) is 30.9 Å². The van der Waals surface area contributed by atoms with Gasteiger partial charge in [-0.1, -0.05) is 6.08 Å². The molecule has 0 aliphatic carbocycles. The smallest absolute Gasteiger partial charge is 0.119 e. The first-order valence-electron chi connectivity index (χ1n) is 4.71. The molecular formula is C12H17NO. The van der Waals surface area contributed by atoms with Gasteiger partial charge in [0.15, 0.2) is 0 Å². The summed E-state index contributed by atoms with van der Waals surface area (Å²) >= 11 is 0. The number of benzene rings is 1. The average Bonchev–Trinajstić information content (AvgIpc) is 2.20. The molecule has 1 rings (SSSR count). The molecule has 1 unspecified atom stereocenters. The molecule has 0 radical (unpaired) electrons. The highest BCUT2D eigenvalue weighted by Crippen LogP contribution is 2.21. The van der Waals surface area contributed by atoms with Crippen molar-refractivity contribution < 1.29 is 4.74 Å². The number of hydrogen-bond acceptors (Lipinski definition) is 2. The summed E-state index contributed by atoms with van der Waals surface area (Å²) in [4.78, 5) is 0. The van der Waals surface area contributed by atoms with Crippen LogP contribution in [0.1, 0.15) is 12.5 Å². The van der Waals surface area contributed by atoms with Crippen LogP contribution >= 0.6 is 0 Å². The number of ether oxygens (including phenoxy) is 1. The molecule has 2 nitrogen and oxygen atoms in total. The van der Waals surface area contributed by atoms with Gasteiger partial charge in [0.1, 0.15) is 5.75 Å². The molecule has 0 saturated heterocycles. The van der Waals surface area contributed by atoms with E-state index in [1.165, 1.54) is 5.56 Å². The summed E-state index contributed by atoms with van der Waals surface area (Å²) in [6.45, 7) is 7.86. The van der Waals surface area contributed by atoms with Crippen LogP contribution in [-0.2, 0) is 0 Å². The lowest BCUT2D eigenvalue weighted by atomic mass is 10.1. The normalized spacial score (nSPS) is 11.9. The Labute approximate surface area is 85.6 Å². The van der Waals surface area contributed by atoms with Crippen LogP contribution in [0.5, 0.6) is 5.75 Å². The van der Waals surface area contributed by atoms with Crippen molar-refractivity contribution in [2.45, 2.75) is 19.9 Å². The van der Waals surface area contributed by atoms with Gasteiger partial charge in [-0.25, -0.2) is 0 Å². The van der Waals surface area contributed by atoms with E-state index in [1.54, 1.807) is 7.11 Å². The molecule has 0 spiro atoms. The van der Waals surface area contributed by atoms with Crippen molar-refractivity contribution in [3.05, 3.63) is 36.4 Å². The molecule has 1 atom stereocenters. The van der Waals surface area contributed by atoms with Gasteiger partial charge >= 0.3 is 0 Å². The van der Waals surface area contributed by atoms with Crippen molar-refractivity contribution in [1.29, 1.82) is 0 Å². The number of hydrogen-bond donors (Lipinski definition) is 1. The molecule has 0 bridgehead atoms.